The lowest BCUT2D eigenvalue weighted by atomic mass is 10.1. The minimum Gasteiger partial charge on any atom is -0.423 e. The zero-order valence-electron chi connectivity index (χ0n) is 15.5. The third-order valence-corrected chi connectivity index (χ3v) is 4.03. The van der Waals surface area contributed by atoms with Crippen molar-refractivity contribution in [2.75, 3.05) is 0 Å². The molecule has 0 heterocycles. The van der Waals surface area contributed by atoms with Gasteiger partial charge in [-0.1, -0.05) is 35.4 Å². The second-order valence-corrected chi connectivity index (χ2v) is 6.34. The molecule has 0 radical (unpaired) electrons. The van der Waals surface area contributed by atoms with E-state index in [1.807, 2.05) is 26.0 Å². The predicted molar refractivity (Wildman–Crippen MR) is 104 cm³/mol. The molecule has 3 aromatic carbocycles. The van der Waals surface area contributed by atoms with E-state index in [9.17, 15) is 14.4 Å². The molecule has 28 heavy (non-hydrogen) atoms. The van der Waals surface area contributed by atoms with E-state index in [0.717, 1.165) is 11.1 Å². The summed E-state index contributed by atoms with van der Waals surface area (Å²) in [6.45, 7) is 3.73. The predicted octanol–water partition coefficient (Wildman–Crippen LogP) is 4.55. The van der Waals surface area contributed by atoms with Crippen molar-refractivity contribution < 1.29 is 23.9 Å². The van der Waals surface area contributed by atoms with Crippen LogP contribution in [0.15, 0.2) is 66.7 Å². The number of aryl methyl sites for hydroxylation is 2. The molecule has 0 unspecified atom stereocenters. The molecule has 0 atom stereocenters. The van der Waals surface area contributed by atoms with Crippen molar-refractivity contribution >= 4 is 18.2 Å². The number of esters is 2. The molecule has 3 aromatic rings. The molecule has 3 rings (SSSR count). The minimum absolute atomic E-state index is 0.0241. The van der Waals surface area contributed by atoms with Crippen molar-refractivity contribution in [3.63, 3.8) is 0 Å². The van der Waals surface area contributed by atoms with Crippen LogP contribution in [0.3, 0.4) is 0 Å². The number of carbonyl (C=O) groups is 3. The van der Waals surface area contributed by atoms with Crippen molar-refractivity contribution in [2.24, 2.45) is 0 Å². The van der Waals surface area contributed by atoms with Gasteiger partial charge in [0.2, 0.25) is 0 Å². The summed E-state index contributed by atoms with van der Waals surface area (Å²) < 4.78 is 10.7. The molecule has 140 valence electrons. The molecule has 0 N–H and O–H groups in total. The van der Waals surface area contributed by atoms with Crippen LogP contribution in [0.1, 0.15) is 42.2 Å². The maximum absolute atomic E-state index is 12.4. The minimum atomic E-state index is -0.603. The summed E-state index contributed by atoms with van der Waals surface area (Å²) in [7, 11) is 0. The van der Waals surface area contributed by atoms with Gasteiger partial charge in [0.25, 0.3) is 0 Å². The number of hydrogen-bond acceptors (Lipinski definition) is 5. The van der Waals surface area contributed by atoms with Gasteiger partial charge in [-0.2, -0.15) is 0 Å². The first-order chi connectivity index (χ1) is 13.5. The van der Waals surface area contributed by atoms with E-state index >= 15 is 0 Å². The fourth-order valence-electron chi connectivity index (χ4n) is 2.63. The fraction of sp³-hybridized carbons (Fsp3) is 0.0870. The Bertz CT molecular complexity index is 1050. The molecule has 0 amide bonds. The van der Waals surface area contributed by atoms with Crippen molar-refractivity contribution in [2.45, 2.75) is 13.8 Å². The Hall–Kier alpha value is -3.73. The van der Waals surface area contributed by atoms with Crippen LogP contribution in [0.2, 0.25) is 0 Å². The molecule has 0 bridgehead atoms. The number of carbonyl (C=O) groups excluding carboxylic acids is 3. The lowest BCUT2D eigenvalue weighted by Gasteiger charge is -2.10. The first-order valence-electron chi connectivity index (χ1n) is 8.63. The van der Waals surface area contributed by atoms with Crippen LogP contribution in [0.4, 0.5) is 0 Å². The van der Waals surface area contributed by atoms with Gasteiger partial charge in [0.15, 0.2) is 6.29 Å². The highest BCUT2D eigenvalue weighted by atomic mass is 16.5. The Balaban J connectivity index is 1.82. The van der Waals surface area contributed by atoms with Gasteiger partial charge >= 0.3 is 11.9 Å². The smallest absolute Gasteiger partial charge is 0.343 e. The van der Waals surface area contributed by atoms with Crippen LogP contribution in [-0.4, -0.2) is 18.2 Å². The van der Waals surface area contributed by atoms with Gasteiger partial charge < -0.3 is 9.47 Å². The Kier molecular flexibility index (Phi) is 5.65. The van der Waals surface area contributed by atoms with Crippen LogP contribution in [0.25, 0.3) is 0 Å². The first kappa shape index (κ1) is 19.0. The van der Waals surface area contributed by atoms with E-state index in [4.69, 9.17) is 9.47 Å². The van der Waals surface area contributed by atoms with E-state index in [1.54, 1.807) is 36.4 Å². The molecule has 0 spiro atoms. The third kappa shape index (κ3) is 4.51. The highest BCUT2D eigenvalue weighted by molar-refractivity contribution is 5.93. The lowest BCUT2D eigenvalue weighted by Crippen LogP contribution is -2.11. The molecule has 5 heteroatoms. The molecule has 0 aliphatic carbocycles. The quantitative estimate of drug-likeness (QED) is 0.372. The van der Waals surface area contributed by atoms with Crippen LogP contribution in [-0.2, 0) is 0 Å². The fourth-order valence-corrected chi connectivity index (χ4v) is 2.63. The zero-order valence-corrected chi connectivity index (χ0v) is 15.5. The molecular weight excluding hydrogens is 356 g/mol. The Morgan fingerprint density at radius 3 is 1.86 bits per heavy atom. The number of hydrogen-bond donors (Lipinski definition) is 0. The molecule has 0 saturated heterocycles. The topological polar surface area (TPSA) is 69.7 Å². The Morgan fingerprint density at radius 2 is 1.32 bits per heavy atom. The zero-order chi connectivity index (χ0) is 20.1. The van der Waals surface area contributed by atoms with Crippen LogP contribution in [0, 0.1) is 13.8 Å². The monoisotopic (exact) mass is 374 g/mol. The molecule has 0 aromatic heterocycles. The van der Waals surface area contributed by atoms with E-state index in [0.29, 0.717) is 17.4 Å². The lowest BCUT2D eigenvalue weighted by molar-refractivity contribution is 0.0732. The largest absolute Gasteiger partial charge is 0.423 e. The molecule has 0 fully saturated rings. The van der Waals surface area contributed by atoms with Crippen LogP contribution < -0.4 is 9.47 Å². The second kappa shape index (κ2) is 8.31. The van der Waals surface area contributed by atoms with Gasteiger partial charge in [-0.15, -0.1) is 0 Å². The van der Waals surface area contributed by atoms with Crippen LogP contribution in [0.5, 0.6) is 11.5 Å². The average molecular weight is 374 g/mol. The maximum atomic E-state index is 12.4. The Labute approximate surface area is 162 Å². The first-order valence-corrected chi connectivity index (χ1v) is 8.63. The van der Waals surface area contributed by atoms with Gasteiger partial charge in [0.1, 0.15) is 11.5 Å². The van der Waals surface area contributed by atoms with E-state index in [1.165, 1.54) is 18.2 Å². The highest BCUT2D eigenvalue weighted by Gasteiger charge is 2.15. The number of ether oxygens (including phenoxy) is 2. The van der Waals surface area contributed by atoms with Gasteiger partial charge in [-0.25, -0.2) is 9.59 Å². The van der Waals surface area contributed by atoms with Gasteiger partial charge in [0.05, 0.1) is 16.7 Å². The molecular formula is C23H18O5. The molecule has 0 aliphatic rings. The standard InChI is InChI=1S/C23H18O5/c1-15-5-3-7-17(11-15)22(25)27-20-10-9-19(14-24)21(13-20)28-23(26)18-8-4-6-16(2)12-18/h3-14H,1-2H3. The van der Waals surface area contributed by atoms with E-state index in [-0.39, 0.29) is 17.1 Å². The SMILES string of the molecule is Cc1cccc(C(=O)Oc2ccc(C=O)c(OC(=O)c3cccc(C)c3)c2)c1. The number of benzene rings is 3. The molecule has 0 aliphatic heterocycles. The number of aldehydes is 1. The second-order valence-electron chi connectivity index (χ2n) is 6.34. The summed E-state index contributed by atoms with van der Waals surface area (Å²) in [5.74, 6) is -0.951. The number of rotatable bonds is 5. The maximum Gasteiger partial charge on any atom is 0.343 e. The van der Waals surface area contributed by atoms with Crippen molar-refractivity contribution in [3.8, 4) is 11.5 Å². The highest BCUT2D eigenvalue weighted by Crippen LogP contribution is 2.25. The van der Waals surface area contributed by atoms with Gasteiger partial charge in [0, 0.05) is 6.07 Å². The Morgan fingerprint density at radius 1 is 0.750 bits per heavy atom. The summed E-state index contributed by atoms with van der Waals surface area (Å²) in [5, 5.41) is 0. The summed E-state index contributed by atoms with van der Waals surface area (Å²) in [6.07, 6.45) is 0.574. The summed E-state index contributed by atoms with van der Waals surface area (Å²) in [6, 6.07) is 18.2. The summed E-state index contributed by atoms with van der Waals surface area (Å²) in [4.78, 5) is 36.0. The average Bonchev–Trinajstić information content (AvgIpc) is 2.68. The van der Waals surface area contributed by atoms with Gasteiger partial charge in [-0.05, 0) is 50.2 Å². The van der Waals surface area contributed by atoms with E-state index in [2.05, 4.69) is 0 Å². The normalized spacial score (nSPS) is 10.2. The van der Waals surface area contributed by atoms with E-state index < -0.39 is 11.9 Å². The van der Waals surface area contributed by atoms with Gasteiger partial charge in [-0.3, -0.25) is 4.79 Å². The third-order valence-electron chi connectivity index (χ3n) is 4.03. The van der Waals surface area contributed by atoms with Crippen LogP contribution >= 0.6 is 0 Å². The molecule has 0 saturated carbocycles. The van der Waals surface area contributed by atoms with Crippen molar-refractivity contribution in [3.05, 3.63) is 94.5 Å². The van der Waals surface area contributed by atoms with Crippen molar-refractivity contribution in [1.82, 2.24) is 0 Å². The van der Waals surface area contributed by atoms with Crippen molar-refractivity contribution in [1.29, 1.82) is 0 Å². The summed E-state index contributed by atoms with van der Waals surface area (Å²) >= 11 is 0. The summed E-state index contributed by atoms with van der Waals surface area (Å²) in [5.41, 5.74) is 2.78. The molecule has 5 nitrogen and oxygen atoms in total.